The van der Waals surface area contributed by atoms with Gasteiger partial charge in [0.1, 0.15) is 0 Å². The van der Waals surface area contributed by atoms with E-state index in [1.165, 1.54) is 4.90 Å². The molecule has 0 fully saturated rings. The van der Waals surface area contributed by atoms with E-state index >= 15 is 0 Å². The van der Waals surface area contributed by atoms with E-state index in [0.29, 0.717) is 27.8 Å². The Morgan fingerprint density at radius 1 is 1.11 bits per heavy atom. The predicted molar refractivity (Wildman–Crippen MR) is 110 cm³/mol. The third kappa shape index (κ3) is 5.12. The van der Waals surface area contributed by atoms with Gasteiger partial charge < -0.3 is 10.2 Å². The van der Waals surface area contributed by atoms with Gasteiger partial charge in [-0.15, -0.1) is 0 Å². The first-order valence-corrected chi connectivity index (χ1v) is 9.24. The van der Waals surface area contributed by atoms with Crippen molar-refractivity contribution in [1.82, 2.24) is 14.7 Å². The number of nitrogens with one attached hydrogen (secondary N) is 1. The zero-order chi connectivity index (χ0) is 20.1. The molecule has 1 heterocycles. The highest BCUT2D eigenvalue weighted by Crippen LogP contribution is 2.24. The third-order valence-electron chi connectivity index (χ3n) is 4.04. The average molecular weight is 417 g/mol. The predicted octanol–water partition coefficient (Wildman–Crippen LogP) is 3.95. The van der Waals surface area contributed by atoms with Gasteiger partial charge in [-0.3, -0.25) is 14.3 Å². The van der Waals surface area contributed by atoms with E-state index in [2.05, 4.69) is 10.4 Å². The van der Waals surface area contributed by atoms with Crippen molar-refractivity contribution >= 4 is 40.7 Å². The highest BCUT2D eigenvalue weighted by Gasteiger charge is 2.15. The van der Waals surface area contributed by atoms with Crippen molar-refractivity contribution in [1.29, 1.82) is 0 Å². The maximum Gasteiger partial charge on any atom is 0.254 e. The standard InChI is InChI=1S/C20H18Cl2N4O2/c1-25(13-19(27)24-16-7-8-17(21)18(22)11-16)20(28)15-5-3-14(4-6-15)12-26-10-2-9-23-26/h2-11H,12-13H2,1H3,(H,24,27). The van der Waals surface area contributed by atoms with Crippen LogP contribution in [-0.2, 0) is 11.3 Å². The summed E-state index contributed by atoms with van der Waals surface area (Å²) >= 11 is 11.8. The average Bonchev–Trinajstić information content (AvgIpc) is 3.17. The molecule has 2 aromatic carbocycles. The number of amides is 2. The van der Waals surface area contributed by atoms with Crippen LogP contribution in [0.4, 0.5) is 5.69 Å². The number of likely N-dealkylation sites (N-methyl/N-ethyl adjacent to an activating group) is 1. The van der Waals surface area contributed by atoms with Crippen molar-refractivity contribution < 1.29 is 9.59 Å². The summed E-state index contributed by atoms with van der Waals surface area (Å²) in [6, 6.07) is 13.9. The SMILES string of the molecule is CN(CC(=O)Nc1ccc(Cl)c(Cl)c1)C(=O)c1ccc(Cn2cccn2)cc1. The third-order valence-corrected chi connectivity index (χ3v) is 4.77. The molecular weight excluding hydrogens is 399 g/mol. The van der Waals surface area contributed by atoms with E-state index in [-0.39, 0.29) is 18.4 Å². The lowest BCUT2D eigenvalue weighted by Crippen LogP contribution is -2.34. The van der Waals surface area contributed by atoms with Gasteiger partial charge in [0, 0.05) is 30.7 Å². The Hall–Kier alpha value is -2.83. The minimum absolute atomic E-state index is 0.0892. The molecule has 1 aromatic heterocycles. The normalized spacial score (nSPS) is 10.5. The number of hydrogen-bond acceptors (Lipinski definition) is 3. The number of nitrogens with zero attached hydrogens (tertiary/aromatic N) is 3. The van der Waals surface area contributed by atoms with Gasteiger partial charge in [0.15, 0.2) is 0 Å². The summed E-state index contributed by atoms with van der Waals surface area (Å²) in [6.45, 7) is 0.539. The van der Waals surface area contributed by atoms with Gasteiger partial charge in [0.25, 0.3) is 5.91 Å². The number of benzene rings is 2. The van der Waals surface area contributed by atoms with Gasteiger partial charge in [-0.2, -0.15) is 5.10 Å². The van der Waals surface area contributed by atoms with Crippen molar-refractivity contribution in [2.45, 2.75) is 6.54 Å². The summed E-state index contributed by atoms with van der Waals surface area (Å²) in [7, 11) is 1.58. The van der Waals surface area contributed by atoms with E-state index in [9.17, 15) is 9.59 Å². The van der Waals surface area contributed by atoms with Crippen LogP contribution in [0.25, 0.3) is 0 Å². The fourth-order valence-corrected chi connectivity index (χ4v) is 2.91. The van der Waals surface area contributed by atoms with Crippen LogP contribution in [0, 0.1) is 0 Å². The van der Waals surface area contributed by atoms with E-state index in [1.54, 1.807) is 48.3 Å². The maximum absolute atomic E-state index is 12.5. The van der Waals surface area contributed by atoms with Gasteiger partial charge >= 0.3 is 0 Å². The fourth-order valence-electron chi connectivity index (χ4n) is 2.62. The summed E-state index contributed by atoms with van der Waals surface area (Å²) < 4.78 is 1.80. The van der Waals surface area contributed by atoms with Crippen LogP contribution < -0.4 is 5.32 Å². The van der Waals surface area contributed by atoms with Gasteiger partial charge in [-0.25, -0.2) is 0 Å². The second-order valence-electron chi connectivity index (χ2n) is 6.24. The smallest absolute Gasteiger partial charge is 0.254 e. The molecule has 0 spiro atoms. The van der Waals surface area contributed by atoms with Crippen LogP contribution in [0.5, 0.6) is 0 Å². The van der Waals surface area contributed by atoms with Crippen LogP contribution in [-0.4, -0.2) is 40.1 Å². The number of carbonyl (C=O) groups is 2. The van der Waals surface area contributed by atoms with Crippen LogP contribution in [0.2, 0.25) is 10.0 Å². The molecule has 1 N–H and O–H groups in total. The first kappa shape index (κ1) is 19.9. The minimum Gasteiger partial charge on any atom is -0.332 e. The summed E-state index contributed by atoms with van der Waals surface area (Å²) in [4.78, 5) is 26.1. The molecule has 0 atom stereocenters. The first-order chi connectivity index (χ1) is 13.4. The molecule has 8 heteroatoms. The Labute approximate surface area is 172 Å². The monoisotopic (exact) mass is 416 g/mol. The molecule has 3 aromatic rings. The topological polar surface area (TPSA) is 67.2 Å². The molecule has 2 amide bonds. The van der Waals surface area contributed by atoms with E-state index in [0.717, 1.165) is 5.56 Å². The van der Waals surface area contributed by atoms with Crippen molar-refractivity contribution in [3.05, 3.63) is 82.1 Å². The van der Waals surface area contributed by atoms with Crippen LogP contribution in [0.1, 0.15) is 15.9 Å². The van der Waals surface area contributed by atoms with E-state index in [4.69, 9.17) is 23.2 Å². The zero-order valence-electron chi connectivity index (χ0n) is 15.1. The molecular formula is C20H18Cl2N4O2. The van der Waals surface area contributed by atoms with E-state index in [1.807, 2.05) is 24.4 Å². The summed E-state index contributed by atoms with van der Waals surface area (Å²) in [6.07, 6.45) is 3.59. The molecule has 3 rings (SSSR count). The lowest BCUT2D eigenvalue weighted by molar-refractivity contribution is -0.116. The van der Waals surface area contributed by atoms with Crippen molar-refractivity contribution in [3.8, 4) is 0 Å². The second-order valence-corrected chi connectivity index (χ2v) is 7.05. The number of carbonyl (C=O) groups excluding carboxylic acids is 2. The van der Waals surface area contributed by atoms with E-state index < -0.39 is 0 Å². The summed E-state index contributed by atoms with van der Waals surface area (Å²) in [5, 5.41) is 7.60. The van der Waals surface area contributed by atoms with Crippen molar-refractivity contribution in [2.75, 3.05) is 18.9 Å². The largest absolute Gasteiger partial charge is 0.332 e. The summed E-state index contributed by atoms with van der Waals surface area (Å²) in [5.41, 5.74) is 2.05. The molecule has 144 valence electrons. The number of anilines is 1. The molecule has 0 saturated heterocycles. The lowest BCUT2D eigenvalue weighted by Gasteiger charge is -2.17. The number of halogens is 2. The summed E-state index contributed by atoms with van der Waals surface area (Å²) in [5.74, 6) is -0.570. The zero-order valence-corrected chi connectivity index (χ0v) is 16.6. The highest BCUT2D eigenvalue weighted by atomic mass is 35.5. The number of aromatic nitrogens is 2. The van der Waals surface area contributed by atoms with Gasteiger partial charge in [0.2, 0.25) is 5.91 Å². The Bertz CT molecular complexity index is 972. The van der Waals surface area contributed by atoms with Gasteiger partial charge in [-0.05, 0) is 42.0 Å². The first-order valence-electron chi connectivity index (χ1n) is 8.49. The van der Waals surface area contributed by atoms with Gasteiger partial charge in [-0.1, -0.05) is 35.3 Å². The molecule has 0 saturated carbocycles. The molecule has 6 nitrogen and oxygen atoms in total. The molecule has 28 heavy (non-hydrogen) atoms. The fraction of sp³-hybridized carbons (Fsp3) is 0.150. The Morgan fingerprint density at radius 2 is 1.86 bits per heavy atom. The number of rotatable bonds is 6. The second kappa shape index (κ2) is 8.91. The van der Waals surface area contributed by atoms with Crippen LogP contribution in [0.3, 0.4) is 0 Å². The Morgan fingerprint density at radius 3 is 2.50 bits per heavy atom. The van der Waals surface area contributed by atoms with Crippen molar-refractivity contribution in [3.63, 3.8) is 0 Å². The molecule has 0 aliphatic carbocycles. The molecule has 0 radical (unpaired) electrons. The lowest BCUT2D eigenvalue weighted by atomic mass is 10.1. The Kier molecular flexibility index (Phi) is 6.34. The molecule has 0 unspecified atom stereocenters. The quantitative estimate of drug-likeness (QED) is 0.661. The van der Waals surface area contributed by atoms with Gasteiger partial charge in [0.05, 0.1) is 23.1 Å². The Balaban J connectivity index is 1.57. The molecule has 0 aliphatic heterocycles. The minimum atomic E-state index is -0.329. The van der Waals surface area contributed by atoms with Crippen LogP contribution >= 0.6 is 23.2 Å². The maximum atomic E-state index is 12.5. The molecule has 0 bridgehead atoms. The van der Waals surface area contributed by atoms with Crippen LogP contribution in [0.15, 0.2) is 60.9 Å². The molecule has 0 aliphatic rings. The number of hydrogen-bond donors (Lipinski definition) is 1. The van der Waals surface area contributed by atoms with Crippen molar-refractivity contribution in [2.24, 2.45) is 0 Å². The highest BCUT2D eigenvalue weighted by molar-refractivity contribution is 6.42.